The van der Waals surface area contributed by atoms with Gasteiger partial charge in [-0.25, -0.2) is 8.42 Å². The van der Waals surface area contributed by atoms with Gasteiger partial charge in [0.25, 0.3) is 5.91 Å². The smallest absolute Gasteiger partial charge is 0.266 e. The van der Waals surface area contributed by atoms with Gasteiger partial charge in [0.2, 0.25) is 16.1 Å². The molecule has 1 aliphatic heterocycles. The molecule has 7 nitrogen and oxygen atoms in total. The number of hydrogen-bond donors (Lipinski definition) is 0. The van der Waals surface area contributed by atoms with Crippen LogP contribution in [0.2, 0.25) is 10.0 Å². The molecule has 3 rings (SSSR count). The maximum atomic E-state index is 12.7. The first-order valence-corrected chi connectivity index (χ1v) is 11.5. The van der Waals surface area contributed by atoms with Crippen LogP contribution >= 0.6 is 23.2 Å². The van der Waals surface area contributed by atoms with Crippen molar-refractivity contribution in [2.24, 2.45) is 5.16 Å². The predicted octanol–water partition coefficient (Wildman–Crippen LogP) is 3.27. The lowest BCUT2D eigenvalue weighted by Gasteiger charge is -2.34. The van der Waals surface area contributed by atoms with E-state index in [0.29, 0.717) is 15.6 Å². The van der Waals surface area contributed by atoms with E-state index in [1.165, 1.54) is 10.5 Å². The zero-order chi connectivity index (χ0) is 21.7. The molecule has 1 aliphatic rings. The van der Waals surface area contributed by atoms with Gasteiger partial charge in [-0.2, -0.15) is 4.31 Å². The molecule has 1 saturated heterocycles. The zero-order valence-corrected chi connectivity index (χ0v) is 18.6. The van der Waals surface area contributed by atoms with Crippen molar-refractivity contribution < 1.29 is 18.0 Å². The number of carbonyl (C=O) groups excluding carboxylic acids is 1. The maximum Gasteiger partial charge on any atom is 0.266 e. The van der Waals surface area contributed by atoms with Crippen molar-refractivity contribution in [1.82, 2.24) is 9.21 Å². The molecule has 2 aromatic rings. The van der Waals surface area contributed by atoms with E-state index < -0.39 is 16.1 Å². The molecule has 0 spiro atoms. The van der Waals surface area contributed by atoms with E-state index in [2.05, 4.69) is 5.16 Å². The highest BCUT2D eigenvalue weighted by Gasteiger charge is 2.31. The Morgan fingerprint density at radius 2 is 1.73 bits per heavy atom. The monoisotopic (exact) mass is 469 g/mol. The molecule has 0 aliphatic carbocycles. The Labute approximate surface area is 185 Å². The topological polar surface area (TPSA) is 79.3 Å². The number of halogens is 2. The fraction of sp³-hybridized carbons (Fsp3) is 0.300. The fourth-order valence-electron chi connectivity index (χ4n) is 2.97. The predicted molar refractivity (Wildman–Crippen MR) is 116 cm³/mol. The van der Waals surface area contributed by atoms with Gasteiger partial charge in [0.05, 0.1) is 21.2 Å². The van der Waals surface area contributed by atoms with Crippen molar-refractivity contribution in [3.63, 3.8) is 0 Å². The molecule has 0 radical (unpaired) electrons. The zero-order valence-electron chi connectivity index (χ0n) is 16.2. The van der Waals surface area contributed by atoms with Gasteiger partial charge in [0.1, 0.15) is 0 Å². The molecule has 1 amide bonds. The Balaban J connectivity index is 1.53. The van der Waals surface area contributed by atoms with Gasteiger partial charge in [0.15, 0.2) is 0 Å². The highest BCUT2D eigenvalue weighted by molar-refractivity contribution is 7.89. The fourth-order valence-corrected chi connectivity index (χ4v) is 4.72. The molecular weight excluding hydrogens is 449 g/mol. The number of benzene rings is 2. The largest absolute Gasteiger partial charge is 0.383 e. The van der Waals surface area contributed by atoms with Gasteiger partial charge < -0.3 is 9.74 Å². The maximum absolute atomic E-state index is 12.7. The molecule has 0 bridgehead atoms. The Morgan fingerprint density at radius 3 is 2.37 bits per heavy atom. The summed E-state index contributed by atoms with van der Waals surface area (Å²) in [5, 5.41) is 4.67. The van der Waals surface area contributed by atoms with Crippen LogP contribution in [0.3, 0.4) is 0 Å². The van der Waals surface area contributed by atoms with Gasteiger partial charge >= 0.3 is 0 Å². The molecule has 1 fully saturated rings. The van der Waals surface area contributed by atoms with Crippen molar-refractivity contribution >= 4 is 45.3 Å². The molecule has 1 unspecified atom stereocenters. The molecule has 2 aromatic carbocycles. The molecule has 0 saturated carbocycles. The summed E-state index contributed by atoms with van der Waals surface area (Å²) in [6.45, 7) is 2.62. The number of sulfonamides is 1. The number of piperazine rings is 1. The first-order chi connectivity index (χ1) is 14.3. The molecule has 160 valence electrons. The summed E-state index contributed by atoms with van der Waals surface area (Å²) in [6.07, 6.45) is 0.636. The number of nitrogens with zero attached hydrogens (tertiary/aromatic N) is 3. The summed E-state index contributed by atoms with van der Waals surface area (Å²) in [4.78, 5) is 19.7. The third-order valence-electron chi connectivity index (χ3n) is 4.64. The summed E-state index contributed by atoms with van der Waals surface area (Å²) in [6, 6.07) is 13.3. The summed E-state index contributed by atoms with van der Waals surface area (Å²) in [5.41, 5.74) is 0.684. The van der Waals surface area contributed by atoms with Crippen LogP contribution in [-0.4, -0.2) is 62.0 Å². The molecule has 0 aromatic heterocycles. The lowest BCUT2D eigenvalue weighted by atomic mass is 10.2. The molecule has 10 heteroatoms. The second kappa shape index (κ2) is 9.78. The van der Waals surface area contributed by atoms with E-state index in [4.69, 9.17) is 28.0 Å². The first-order valence-electron chi connectivity index (χ1n) is 9.27. The highest BCUT2D eigenvalue weighted by atomic mass is 35.5. The Kier molecular flexibility index (Phi) is 7.36. The molecule has 30 heavy (non-hydrogen) atoms. The average Bonchev–Trinajstić information content (AvgIpc) is 2.76. The van der Waals surface area contributed by atoms with Crippen LogP contribution in [-0.2, 0) is 19.7 Å². The summed E-state index contributed by atoms with van der Waals surface area (Å²) >= 11 is 11.8. The minimum Gasteiger partial charge on any atom is -0.383 e. The highest BCUT2D eigenvalue weighted by Crippen LogP contribution is 2.22. The molecule has 1 heterocycles. The van der Waals surface area contributed by atoms with Crippen LogP contribution in [0.1, 0.15) is 12.5 Å². The number of amides is 1. The molecular formula is C20H21Cl2N3O4S. The minimum atomic E-state index is -3.56. The van der Waals surface area contributed by atoms with Crippen LogP contribution in [0.15, 0.2) is 58.6 Å². The van der Waals surface area contributed by atoms with Gasteiger partial charge in [-0.15, -0.1) is 0 Å². The third-order valence-corrected chi connectivity index (χ3v) is 7.30. The van der Waals surface area contributed by atoms with E-state index in [9.17, 15) is 13.2 Å². The summed E-state index contributed by atoms with van der Waals surface area (Å²) in [5.74, 6) is -0.252. The first kappa shape index (κ1) is 22.6. The van der Waals surface area contributed by atoms with E-state index in [0.717, 1.165) is 0 Å². The molecule has 0 N–H and O–H groups in total. The number of hydrogen-bond acceptors (Lipinski definition) is 5. The summed E-state index contributed by atoms with van der Waals surface area (Å²) in [7, 11) is -3.56. The van der Waals surface area contributed by atoms with E-state index in [-0.39, 0.29) is 37.0 Å². The Bertz CT molecular complexity index is 1020. The van der Waals surface area contributed by atoms with Crippen LogP contribution in [0.4, 0.5) is 0 Å². The lowest BCUT2D eigenvalue weighted by Crippen LogP contribution is -2.52. The van der Waals surface area contributed by atoms with Crippen LogP contribution < -0.4 is 0 Å². The Hall–Kier alpha value is -2.13. The number of carbonyl (C=O) groups is 1. The van der Waals surface area contributed by atoms with E-state index in [1.807, 2.05) is 0 Å². The van der Waals surface area contributed by atoms with Crippen LogP contribution in [0, 0.1) is 0 Å². The van der Waals surface area contributed by atoms with Crippen molar-refractivity contribution in [2.45, 2.75) is 17.9 Å². The van der Waals surface area contributed by atoms with Crippen LogP contribution in [0.25, 0.3) is 0 Å². The number of oxime groups is 1. The van der Waals surface area contributed by atoms with Crippen molar-refractivity contribution in [3.8, 4) is 0 Å². The van der Waals surface area contributed by atoms with Gasteiger partial charge in [-0.05, 0) is 36.8 Å². The normalized spacial score (nSPS) is 16.6. The number of rotatable bonds is 6. The van der Waals surface area contributed by atoms with E-state index >= 15 is 0 Å². The summed E-state index contributed by atoms with van der Waals surface area (Å²) < 4.78 is 26.7. The van der Waals surface area contributed by atoms with Crippen molar-refractivity contribution in [1.29, 1.82) is 0 Å². The van der Waals surface area contributed by atoms with Gasteiger partial charge in [-0.1, -0.05) is 52.6 Å². The standard InChI is InChI=1S/C20H21Cl2N3O4S/c1-15(29-23-14-16-7-8-18(21)19(22)13-16)20(26)24-9-11-25(12-10-24)30(27,28)17-5-3-2-4-6-17/h2-8,13-15H,9-12H2,1H3/b23-14+. The Morgan fingerprint density at radius 1 is 1.07 bits per heavy atom. The second-order valence-electron chi connectivity index (χ2n) is 6.70. The molecule has 1 atom stereocenters. The van der Waals surface area contributed by atoms with Crippen molar-refractivity contribution in [3.05, 3.63) is 64.1 Å². The quantitative estimate of drug-likeness (QED) is 0.480. The van der Waals surface area contributed by atoms with Crippen molar-refractivity contribution in [2.75, 3.05) is 26.2 Å². The third kappa shape index (κ3) is 5.31. The van der Waals surface area contributed by atoms with E-state index in [1.54, 1.807) is 60.4 Å². The van der Waals surface area contributed by atoms with Gasteiger partial charge in [0, 0.05) is 26.2 Å². The van der Waals surface area contributed by atoms with Gasteiger partial charge in [-0.3, -0.25) is 4.79 Å². The lowest BCUT2D eigenvalue weighted by molar-refractivity contribution is -0.143. The minimum absolute atomic E-state index is 0.224. The SMILES string of the molecule is CC(O/N=C/c1ccc(Cl)c(Cl)c1)C(=O)N1CCN(S(=O)(=O)c2ccccc2)CC1. The second-order valence-corrected chi connectivity index (χ2v) is 9.45. The van der Waals surface area contributed by atoms with Crippen LogP contribution in [0.5, 0.6) is 0 Å². The average molecular weight is 470 g/mol.